The first kappa shape index (κ1) is 73.9. The summed E-state index contributed by atoms with van der Waals surface area (Å²) in [5.41, 5.74) is 0. The predicted octanol–water partition coefficient (Wildman–Crippen LogP) is 19.6. The lowest BCUT2D eigenvalue weighted by Crippen LogP contribution is -2.45. The molecule has 3 unspecified atom stereocenters. The lowest BCUT2D eigenvalue weighted by Gasteiger charge is -2.29. The molecule has 9 heteroatoms. The summed E-state index contributed by atoms with van der Waals surface area (Å²) in [5.74, 6) is -0.200. The minimum atomic E-state index is -4.61. The van der Waals surface area contributed by atoms with Crippen molar-refractivity contribution in [3.05, 3.63) is 72.9 Å². The number of amides is 1. The van der Waals surface area contributed by atoms with Crippen LogP contribution in [-0.2, 0) is 18.4 Å². The van der Waals surface area contributed by atoms with Gasteiger partial charge in [-0.15, -0.1) is 0 Å². The second-order valence-corrected chi connectivity index (χ2v) is 24.5. The zero-order chi connectivity index (χ0) is 55.6. The number of phosphoric acid groups is 1. The molecule has 0 saturated heterocycles. The van der Waals surface area contributed by atoms with Gasteiger partial charge < -0.3 is 28.8 Å². The number of hydrogen-bond donors (Lipinski definition) is 2. The molecule has 0 aliphatic carbocycles. The van der Waals surface area contributed by atoms with Crippen molar-refractivity contribution in [1.82, 2.24) is 5.32 Å². The molecule has 3 atom stereocenters. The lowest BCUT2D eigenvalue weighted by molar-refractivity contribution is -0.870. The molecule has 0 saturated carbocycles. The molecule has 2 N–H and O–H groups in total. The van der Waals surface area contributed by atoms with Crippen LogP contribution in [0, 0.1) is 0 Å². The second-order valence-electron chi connectivity index (χ2n) is 23.1. The van der Waals surface area contributed by atoms with Crippen LogP contribution in [0.1, 0.15) is 296 Å². The summed E-state index contributed by atoms with van der Waals surface area (Å²) in [4.78, 5) is 25.6. The first-order valence-electron chi connectivity index (χ1n) is 32.3. The van der Waals surface area contributed by atoms with E-state index in [2.05, 4.69) is 79.9 Å². The number of aliphatic hydroxyl groups excluding tert-OH is 1. The van der Waals surface area contributed by atoms with Crippen LogP contribution in [0.15, 0.2) is 72.9 Å². The molecule has 0 bridgehead atoms. The van der Waals surface area contributed by atoms with Crippen LogP contribution in [0.3, 0.4) is 0 Å². The van der Waals surface area contributed by atoms with E-state index in [4.69, 9.17) is 9.05 Å². The summed E-state index contributed by atoms with van der Waals surface area (Å²) >= 11 is 0. The number of likely N-dealkylation sites (N-methyl/N-ethyl adjacent to an activating group) is 1. The molecule has 1 amide bonds. The second kappa shape index (κ2) is 57.6. The molecule has 0 aromatic heterocycles. The van der Waals surface area contributed by atoms with Crippen molar-refractivity contribution >= 4 is 13.7 Å². The fourth-order valence-corrected chi connectivity index (χ4v) is 10.1. The molecular weight excluding hydrogens is 960 g/mol. The van der Waals surface area contributed by atoms with Crippen molar-refractivity contribution in [2.75, 3.05) is 40.9 Å². The molecule has 444 valence electrons. The van der Waals surface area contributed by atoms with Crippen LogP contribution in [0.5, 0.6) is 0 Å². The Balaban J connectivity index is 4.15. The molecule has 0 radical (unpaired) electrons. The van der Waals surface area contributed by atoms with Crippen molar-refractivity contribution < 1.29 is 32.9 Å². The van der Waals surface area contributed by atoms with E-state index in [1.807, 2.05) is 27.2 Å². The van der Waals surface area contributed by atoms with E-state index in [0.29, 0.717) is 17.4 Å². The standard InChI is InChI=1S/C67H125N2O6P/c1-6-8-10-12-14-16-18-20-22-24-26-28-30-32-34-36-38-40-42-44-46-48-50-52-54-56-58-60-66(70)65(64-75-76(72,73)74-63-62-69(3,4)5)68-67(71)61-59-57-55-53-51-49-47-45-43-41-39-37-35-33-31-29-27-25-23-21-19-17-15-13-11-9-7-2/h9,11,15,17,21,23,27,29,33,35,58,60,65-66,70H,6-8,10,12-14,16,18-20,22,24-26,28,30-32,34,36-57,59,61-64H2,1-5H3,(H-,68,71,72,73)/b11-9-,17-15-,23-21-,29-27-,35-33-,60-58+. The maximum absolute atomic E-state index is 13.0. The summed E-state index contributed by atoms with van der Waals surface area (Å²) in [7, 11) is 1.26. The number of hydrogen-bond acceptors (Lipinski definition) is 6. The van der Waals surface area contributed by atoms with Gasteiger partial charge in [-0.1, -0.05) is 299 Å². The van der Waals surface area contributed by atoms with Gasteiger partial charge in [0.1, 0.15) is 13.2 Å². The van der Waals surface area contributed by atoms with Crippen molar-refractivity contribution in [3.63, 3.8) is 0 Å². The van der Waals surface area contributed by atoms with Crippen LogP contribution in [0.4, 0.5) is 0 Å². The number of aliphatic hydroxyl groups is 1. The maximum Gasteiger partial charge on any atom is 0.268 e. The van der Waals surface area contributed by atoms with Gasteiger partial charge in [-0.3, -0.25) is 9.36 Å². The van der Waals surface area contributed by atoms with Crippen LogP contribution in [0.2, 0.25) is 0 Å². The number of quaternary nitrogens is 1. The van der Waals surface area contributed by atoms with Gasteiger partial charge in [0.25, 0.3) is 7.82 Å². The molecule has 0 aliphatic heterocycles. The van der Waals surface area contributed by atoms with Crippen molar-refractivity contribution in [1.29, 1.82) is 0 Å². The highest BCUT2D eigenvalue weighted by molar-refractivity contribution is 7.45. The zero-order valence-corrected chi connectivity index (χ0v) is 51.6. The van der Waals surface area contributed by atoms with E-state index in [9.17, 15) is 19.4 Å². The van der Waals surface area contributed by atoms with Gasteiger partial charge >= 0.3 is 0 Å². The van der Waals surface area contributed by atoms with E-state index in [1.165, 1.54) is 205 Å². The van der Waals surface area contributed by atoms with Crippen LogP contribution in [0.25, 0.3) is 0 Å². The third-order valence-corrected chi connectivity index (χ3v) is 15.4. The Kier molecular flexibility index (Phi) is 56.1. The van der Waals surface area contributed by atoms with Gasteiger partial charge in [0.2, 0.25) is 5.91 Å². The topological polar surface area (TPSA) is 108 Å². The minimum absolute atomic E-state index is 0.00362. The number of allylic oxidation sites excluding steroid dienone is 11. The number of carbonyl (C=O) groups excluding carboxylic acids is 1. The monoisotopic (exact) mass is 1080 g/mol. The van der Waals surface area contributed by atoms with E-state index < -0.39 is 20.0 Å². The number of unbranched alkanes of at least 4 members (excludes halogenated alkanes) is 36. The SMILES string of the molecule is CC/C=C\C/C=C\C/C=C\C/C=C\C/C=C\CCCCCCCCCCCCCC(=O)NC(COP(=O)([O-])OCC[N+](C)(C)C)C(O)/C=C/CCCCCCCCCCCCCCCCCCCCCCCCCCC. The van der Waals surface area contributed by atoms with Crippen LogP contribution < -0.4 is 10.2 Å². The Morgan fingerprint density at radius 1 is 0.474 bits per heavy atom. The number of phosphoric ester groups is 1. The predicted molar refractivity (Wildman–Crippen MR) is 330 cm³/mol. The number of carbonyl (C=O) groups is 1. The highest BCUT2D eigenvalue weighted by atomic mass is 31.2. The Morgan fingerprint density at radius 2 is 0.803 bits per heavy atom. The molecular formula is C67H125N2O6P. The average Bonchev–Trinajstić information content (AvgIpc) is 3.38. The summed E-state index contributed by atoms with van der Waals surface area (Å²) in [5, 5.41) is 13.9. The molecule has 0 heterocycles. The quantitative estimate of drug-likeness (QED) is 0.0272. The van der Waals surface area contributed by atoms with E-state index in [-0.39, 0.29) is 19.1 Å². The Morgan fingerprint density at radius 3 is 1.17 bits per heavy atom. The number of nitrogens with one attached hydrogen (secondary N) is 1. The number of nitrogens with zero attached hydrogens (tertiary/aromatic N) is 1. The Bertz CT molecular complexity index is 1470. The van der Waals surface area contributed by atoms with Crippen LogP contribution in [-0.4, -0.2) is 68.5 Å². The van der Waals surface area contributed by atoms with Gasteiger partial charge in [-0.05, 0) is 64.2 Å². The Hall–Kier alpha value is -2.06. The van der Waals surface area contributed by atoms with E-state index in [0.717, 1.165) is 70.6 Å². The first-order valence-corrected chi connectivity index (χ1v) is 33.8. The summed E-state index contributed by atoms with van der Waals surface area (Å²) in [6, 6.07) is -0.893. The first-order chi connectivity index (χ1) is 37.0. The minimum Gasteiger partial charge on any atom is -0.756 e. The van der Waals surface area contributed by atoms with Crippen LogP contribution >= 0.6 is 7.82 Å². The largest absolute Gasteiger partial charge is 0.756 e. The lowest BCUT2D eigenvalue weighted by atomic mass is 10.0. The molecule has 76 heavy (non-hydrogen) atoms. The smallest absolute Gasteiger partial charge is 0.268 e. The van der Waals surface area contributed by atoms with E-state index >= 15 is 0 Å². The molecule has 0 rings (SSSR count). The molecule has 0 fully saturated rings. The average molecular weight is 1090 g/mol. The molecule has 0 spiro atoms. The molecule has 0 aromatic rings. The third kappa shape index (κ3) is 59.6. The van der Waals surface area contributed by atoms with Crippen molar-refractivity contribution in [2.45, 2.75) is 309 Å². The number of rotatable bonds is 59. The molecule has 0 aromatic carbocycles. The van der Waals surface area contributed by atoms with E-state index in [1.54, 1.807) is 6.08 Å². The summed E-state index contributed by atoms with van der Waals surface area (Å²) < 4.78 is 23.4. The fraction of sp³-hybridized carbons (Fsp3) is 0.806. The van der Waals surface area contributed by atoms with Gasteiger partial charge in [0.05, 0.1) is 39.9 Å². The van der Waals surface area contributed by atoms with Gasteiger partial charge in [-0.2, -0.15) is 0 Å². The van der Waals surface area contributed by atoms with Gasteiger partial charge in [0.15, 0.2) is 0 Å². The van der Waals surface area contributed by atoms with Gasteiger partial charge in [0, 0.05) is 6.42 Å². The molecule has 8 nitrogen and oxygen atoms in total. The van der Waals surface area contributed by atoms with Crippen molar-refractivity contribution in [2.24, 2.45) is 0 Å². The highest BCUT2D eigenvalue weighted by Gasteiger charge is 2.23. The Labute approximate surface area is 472 Å². The third-order valence-electron chi connectivity index (χ3n) is 14.4. The highest BCUT2D eigenvalue weighted by Crippen LogP contribution is 2.38. The fourth-order valence-electron chi connectivity index (χ4n) is 9.42. The summed E-state index contributed by atoms with van der Waals surface area (Å²) in [6.45, 7) is 4.57. The molecule has 0 aliphatic rings. The van der Waals surface area contributed by atoms with Gasteiger partial charge in [-0.25, -0.2) is 0 Å². The normalized spacial score (nSPS) is 14.2. The summed E-state index contributed by atoms with van der Waals surface area (Å²) in [6.07, 6.45) is 79.9. The maximum atomic E-state index is 13.0. The zero-order valence-electron chi connectivity index (χ0n) is 50.7. The van der Waals surface area contributed by atoms with Crippen molar-refractivity contribution in [3.8, 4) is 0 Å².